The lowest BCUT2D eigenvalue weighted by Crippen LogP contribution is -2.44. The van der Waals surface area contributed by atoms with E-state index in [1.807, 2.05) is 11.0 Å². The van der Waals surface area contributed by atoms with Crippen LogP contribution in [0.4, 0.5) is 4.79 Å². The SMILES string of the molecule is CC1CCN(C(=O)NCCC#N)CC1. The Morgan fingerprint density at radius 2 is 2.21 bits per heavy atom. The first-order chi connectivity index (χ1) is 6.74. The van der Waals surface area contributed by atoms with E-state index in [0.29, 0.717) is 13.0 Å². The van der Waals surface area contributed by atoms with Gasteiger partial charge in [-0.3, -0.25) is 0 Å². The zero-order chi connectivity index (χ0) is 10.4. The summed E-state index contributed by atoms with van der Waals surface area (Å²) < 4.78 is 0. The molecule has 0 aromatic rings. The Labute approximate surface area is 84.9 Å². The van der Waals surface area contributed by atoms with Crippen LogP contribution in [-0.2, 0) is 0 Å². The van der Waals surface area contributed by atoms with Gasteiger partial charge in [-0.15, -0.1) is 0 Å². The highest BCUT2D eigenvalue weighted by Gasteiger charge is 2.19. The summed E-state index contributed by atoms with van der Waals surface area (Å²) in [5.74, 6) is 0.734. The number of urea groups is 1. The Balaban J connectivity index is 2.21. The van der Waals surface area contributed by atoms with Crippen LogP contribution in [0.1, 0.15) is 26.2 Å². The number of nitrogens with one attached hydrogen (secondary N) is 1. The quantitative estimate of drug-likeness (QED) is 0.676. The third-order valence-corrected chi connectivity index (χ3v) is 2.58. The van der Waals surface area contributed by atoms with Crippen molar-refractivity contribution in [1.29, 1.82) is 5.26 Å². The maximum atomic E-state index is 11.5. The molecule has 1 saturated heterocycles. The Bertz CT molecular complexity index is 226. The molecule has 0 radical (unpaired) electrons. The van der Waals surface area contributed by atoms with Crippen LogP contribution in [0.15, 0.2) is 0 Å². The lowest BCUT2D eigenvalue weighted by atomic mass is 10.00. The fraction of sp³-hybridized carbons (Fsp3) is 0.800. The molecule has 0 aromatic carbocycles. The van der Waals surface area contributed by atoms with Crippen molar-refractivity contribution in [3.8, 4) is 6.07 Å². The molecule has 0 unspecified atom stereocenters. The van der Waals surface area contributed by atoms with Crippen LogP contribution in [0.5, 0.6) is 0 Å². The van der Waals surface area contributed by atoms with Crippen LogP contribution in [0.2, 0.25) is 0 Å². The van der Waals surface area contributed by atoms with Crippen molar-refractivity contribution in [2.45, 2.75) is 26.2 Å². The molecule has 14 heavy (non-hydrogen) atoms. The molecule has 1 aliphatic heterocycles. The average Bonchev–Trinajstić information content (AvgIpc) is 2.19. The summed E-state index contributed by atoms with van der Waals surface area (Å²) in [7, 11) is 0. The molecular formula is C10H17N3O. The van der Waals surface area contributed by atoms with Crippen LogP contribution in [0, 0.1) is 17.2 Å². The molecule has 1 aliphatic rings. The van der Waals surface area contributed by atoms with Gasteiger partial charge in [-0.05, 0) is 18.8 Å². The minimum Gasteiger partial charge on any atom is -0.337 e. The molecular weight excluding hydrogens is 178 g/mol. The number of likely N-dealkylation sites (tertiary alicyclic amines) is 1. The van der Waals surface area contributed by atoms with Crippen LogP contribution >= 0.6 is 0 Å². The van der Waals surface area contributed by atoms with Crippen LogP contribution < -0.4 is 5.32 Å². The third kappa shape index (κ3) is 3.25. The number of rotatable bonds is 2. The number of hydrogen-bond donors (Lipinski definition) is 1. The zero-order valence-electron chi connectivity index (χ0n) is 8.62. The molecule has 0 spiro atoms. The van der Waals surface area contributed by atoms with E-state index >= 15 is 0 Å². The first-order valence-corrected chi connectivity index (χ1v) is 5.13. The monoisotopic (exact) mass is 195 g/mol. The van der Waals surface area contributed by atoms with Crippen molar-refractivity contribution in [3.63, 3.8) is 0 Å². The molecule has 0 aromatic heterocycles. The molecule has 1 N–H and O–H groups in total. The Morgan fingerprint density at radius 3 is 2.79 bits per heavy atom. The summed E-state index contributed by atoms with van der Waals surface area (Å²) in [5, 5.41) is 11.0. The van der Waals surface area contributed by atoms with Gasteiger partial charge < -0.3 is 10.2 Å². The second-order valence-corrected chi connectivity index (χ2v) is 3.81. The maximum Gasteiger partial charge on any atom is 0.317 e. The number of carbonyl (C=O) groups is 1. The minimum atomic E-state index is -0.0212. The Hall–Kier alpha value is -1.24. The van der Waals surface area contributed by atoms with E-state index in [4.69, 9.17) is 5.26 Å². The van der Waals surface area contributed by atoms with E-state index in [0.717, 1.165) is 31.8 Å². The van der Waals surface area contributed by atoms with Crippen molar-refractivity contribution >= 4 is 6.03 Å². The van der Waals surface area contributed by atoms with Gasteiger partial charge in [0.05, 0.1) is 12.5 Å². The Kier molecular flexibility index (Phi) is 4.24. The number of piperidine rings is 1. The van der Waals surface area contributed by atoms with Crippen molar-refractivity contribution in [2.75, 3.05) is 19.6 Å². The van der Waals surface area contributed by atoms with E-state index < -0.39 is 0 Å². The summed E-state index contributed by atoms with van der Waals surface area (Å²) in [4.78, 5) is 13.3. The number of hydrogen-bond acceptors (Lipinski definition) is 2. The lowest BCUT2D eigenvalue weighted by Gasteiger charge is -2.30. The average molecular weight is 195 g/mol. The van der Waals surface area contributed by atoms with E-state index in [2.05, 4.69) is 12.2 Å². The zero-order valence-corrected chi connectivity index (χ0v) is 8.62. The lowest BCUT2D eigenvalue weighted by molar-refractivity contribution is 0.174. The molecule has 1 fully saturated rings. The summed E-state index contributed by atoms with van der Waals surface area (Å²) in [6.45, 7) is 4.37. The van der Waals surface area contributed by atoms with E-state index in [9.17, 15) is 4.79 Å². The van der Waals surface area contributed by atoms with Gasteiger partial charge >= 0.3 is 6.03 Å². The molecule has 78 valence electrons. The third-order valence-electron chi connectivity index (χ3n) is 2.58. The van der Waals surface area contributed by atoms with Gasteiger partial charge in [-0.2, -0.15) is 5.26 Å². The normalized spacial score (nSPS) is 17.6. The molecule has 0 bridgehead atoms. The van der Waals surface area contributed by atoms with Crippen molar-refractivity contribution < 1.29 is 4.79 Å². The largest absolute Gasteiger partial charge is 0.337 e. The van der Waals surface area contributed by atoms with Gasteiger partial charge in [-0.25, -0.2) is 4.79 Å². The minimum absolute atomic E-state index is 0.0212. The van der Waals surface area contributed by atoms with Crippen LogP contribution in [-0.4, -0.2) is 30.6 Å². The molecule has 1 rings (SSSR count). The summed E-state index contributed by atoms with van der Waals surface area (Å²) in [6, 6.07) is 1.98. The van der Waals surface area contributed by atoms with Crippen LogP contribution in [0.25, 0.3) is 0 Å². The molecule has 2 amide bonds. The molecule has 0 aliphatic carbocycles. The van der Waals surface area contributed by atoms with Gasteiger partial charge in [0.25, 0.3) is 0 Å². The number of carbonyl (C=O) groups excluding carboxylic acids is 1. The fourth-order valence-corrected chi connectivity index (χ4v) is 1.55. The predicted octanol–water partition coefficient (Wildman–Crippen LogP) is 1.34. The second kappa shape index (κ2) is 5.48. The van der Waals surface area contributed by atoms with Gasteiger partial charge in [0.2, 0.25) is 0 Å². The van der Waals surface area contributed by atoms with Crippen molar-refractivity contribution in [1.82, 2.24) is 10.2 Å². The van der Waals surface area contributed by atoms with Crippen molar-refractivity contribution in [2.24, 2.45) is 5.92 Å². The number of nitrogens with zero attached hydrogens (tertiary/aromatic N) is 2. The second-order valence-electron chi connectivity index (χ2n) is 3.81. The first kappa shape index (κ1) is 10.8. The summed E-state index contributed by atoms with van der Waals surface area (Å²) >= 11 is 0. The molecule has 1 heterocycles. The van der Waals surface area contributed by atoms with Gasteiger partial charge in [0.15, 0.2) is 0 Å². The molecule has 0 saturated carbocycles. The van der Waals surface area contributed by atoms with Gasteiger partial charge in [0.1, 0.15) is 0 Å². The number of nitriles is 1. The van der Waals surface area contributed by atoms with Gasteiger partial charge in [0, 0.05) is 19.6 Å². The maximum absolute atomic E-state index is 11.5. The van der Waals surface area contributed by atoms with Crippen LogP contribution in [0.3, 0.4) is 0 Å². The molecule has 4 nitrogen and oxygen atoms in total. The fourth-order valence-electron chi connectivity index (χ4n) is 1.55. The van der Waals surface area contributed by atoms with Crippen molar-refractivity contribution in [3.05, 3.63) is 0 Å². The highest BCUT2D eigenvalue weighted by Crippen LogP contribution is 2.15. The first-order valence-electron chi connectivity index (χ1n) is 5.13. The smallest absolute Gasteiger partial charge is 0.317 e. The summed E-state index contributed by atoms with van der Waals surface area (Å²) in [6.07, 6.45) is 2.56. The molecule has 4 heteroatoms. The molecule has 0 atom stereocenters. The van der Waals surface area contributed by atoms with E-state index in [-0.39, 0.29) is 6.03 Å². The summed E-state index contributed by atoms with van der Waals surface area (Å²) in [5.41, 5.74) is 0. The van der Waals surface area contributed by atoms with E-state index in [1.165, 1.54) is 0 Å². The highest BCUT2D eigenvalue weighted by molar-refractivity contribution is 5.74. The number of amides is 2. The van der Waals surface area contributed by atoms with Gasteiger partial charge in [-0.1, -0.05) is 6.92 Å². The standard InChI is InChI=1S/C10H17N3O/c1-9-3-7-13(8-4-9)10(14)12-6-2-5-11/h9H,2-4,6-8H2,1H3,(H,12,14). The highest BCUT2D eigenvalue weighted by atomic mass is 16.2. The van der Waals surface area contributed by atoms with E-state index in [1.54, 1.807) is 0 Å². The topological polar surface area (TPSA) is 56.1 Å². The Morgan fingerprint density at radius 1 is 1.57 bits per heavy atom. The predicted molar refractivity (Wildman–Crippen MR) is 53.6 cm³/mol.